The summed E-state index contributed by atoms with van der Waals surface area (Å²) in [5, 5.41) is 16.9. The van der Waals surface area contributed by atoms with E-state index in [9.17, 15) is 14.7 Å². The third-order valence-corrected chi connectivity index (χ3v) is 4.79. The van der Waals surface area contributed by atoms with Crippen molar-refractivity contribution in [3.63, 3.8) is 0 Å². The van der Waals surface area contributed by atoms with Gasteiger partial charge in [0, 0.05) is 31.7 Å². The summed E-state index contributed by atoms with van der Waals surface area (Å²) < 4.78 is 5.18. The van der Waals surface area contributed by atoms with E-state index in [1.165, 1.54) is 6.26 Å². The predicted molar refractivity (Wildman–Crippen MR) is 101 cm³/mol. The second kappa shape index (κ2) is 7.59. The normalized spacial score (nSPS) is 14.7. The zero-order valence-corrected chi connectivity index (χ0v) is 15.2. The first-order chi connectivity index (χ1) is 13.6. The Morgan fingerprint density at radius 3 is 2.46 bits per heavy atom. The fraction of sp³-hybridized carbons (Fsp3) is 0.250. The van der Waals surface area contributed by atoms with E-state index in [4.69, 9.17) is 4.42 Å². The maximum absolute atomic E-state index is 12.9. The summed E-state index contributed by atoms with van der Waals surface area (Å²) >= 11 is 0. The van der Waals surface area contributed by atoms with Crippen molar-refractivity contribution in [3.05, 3.63) is 60.2 Å². The topological polar surface area (TPSA) is 103 Å². The predicted octanol–water partition coefficient (Wildman–Crippen LogP) is 2.36. The SMILES string of the molecule is O=C(c1cc(-c2ccccc2O)n[nH]1)N1CCCN(C(=O)c2ccco2)CC1. The van der Waals surface area contributed by atoms with Gasteiger partial charge in [-0.25, -0.2) is 0 Å². The Kier molecular flexibility index (Phi) is 4.84. The Morgan fingerprint density at radius 1 is 1.00 bits per heavy atom. The average Bonchev–Trinajstić information content (AvgIpc) is 3.35. The number of hydrogen-bond acceptors (Lipinski definition) is 5. The van der Waals surface area contributed by atoms with Crippen LogP contribution in [0.25, 0.3) is 11.3 Å². The molecule has 1 aliphatic rings. The minimum Gasteiger partial charge on any atom is -0.507 e. The van der Waals surface area contributed by atoms with Gasteiger partial charge in [-0.3, -0.25) is 14.7 Å². The van der Waals surface area contributed by atoms with Gasteiger partial charge in [0.1, 0.15) is 11.4 Å². The number of aromatic hydroxyl groups is 1. The molecule has 8 nitrogen and oxygen atoms in total. The minimum absolute atomic E-state index is 0.106. The highest BCUT2D eigenvalue weighted by molar-refractivity contribution is 5.94. The van der Waals surface area contributed by atoms with Gasteiger partial charge in [-0.1, -0.05) is 12.1 Å². The first-order valence-corrected chi connectivity index (χ1v) is 9.09. The summed E-state index contributed by atoms with van der Waals surface area (Å²) in [6, 6.07) is 11.8. The summed E-state index contributed by atoms with van der Waals surface area (Å²) in [4.78, 5) is 28.7. The summed E-state index contributed by atoms with van der Waals surface area (Å²) in [6.07, 6.45) is 2.15. The van der Waals surface area contributed by atoms with E-state index < -0.39 is 0 Å². The van der Waals surface area contributed by atoms with Crippen LogP contribution in [0, 0.1) is 0 Å². The van der Waals surface area contributed by atoms with Crippen LogP contribution >= 0.6 is 0 Å². The van der Waals surface area contributed by atoms with Gasteiger partial charge in [-0.2, -0.15) is 5.10 Å². The molecule has 1 aromatic carbocycles. The van der Waals surface area contributed by atoms with E-state index in [1.807, 2.05) is 0 Å². The van der Waals surface area contributed by atoms with Crippen molar-refractivity contribution in [1.29, 1.82) is 0 Å². The van der Waals surface area contributed by atoms with Crippen LogP contribution in [0.15, 0.2) is 53.1 Å². The van der Waals surface area contributed by atoms with Crippen molar-refractivity contribution in [2.24, 2.45) is 0 Å². The third kappa shape index (κ3) is 3.48. The number of nitrogens with zero attached hydrogens (tertiary/aromatic N) is 3. The lowest BCUT2D eigenvalue weighted by molar-refractivity contribution is 0.0698. The van der Waals surface area contributed by atoms with Gasteiger partial charge in [0.15, 0.2) is 5.76 Å². The number of benzene rings is 1. The lowest BCUT2D eigenvalue weighted by Gasteiger charge is -2.21. The molecule has 0 saturated carbocycles. The Labute approximate surface area is 161 Å². The van der Waals surface area contributed by atoms with E-state index in [-0.39, 0.29) is 17.6 Å². The number of para-hydroxylation sites is 1. The largest absolute Gasteiger partial charge is 0.507 e. The highest BCUT2D eigenvalue weighted by atomic mass is 16.3. The molecule has 0 aliphatic carbocycles. The molecule has 0 atom stereocenters. The molecule has 3 heterocycles. The fourth-order valence-corrected chi connectivity index (χ4v) is 3.31. The van der Waals surface area contributed by atoms with Gasteiger partial charge in [-0.05, 0) is 36.8 Å². The number of carbonyl (C=O) groups excluding carboxylic acids is 2. The van der Waals surface area contributed by atoms with Crippen LogP contribution in [0.3, 0.4) is 0 Å². The summed E-state index contributed by atoms with van der Waals surface area (Å²) in [5.41, 5.74) is 1.42. The van der Waals surface area contributed by atoms with E-state index in [0.717, 1.165) is 0 Å². The van der Waals surface area contributed by atoms with Crippen LogP contribution in [0.5, 0.6) is 5.75 Å². The number of H-pyrrole nitrogens is 1. The second-order valence-corrected chi connectivity index (χ2v) is 6.60. The molecule has 4 rings (SSSR count). The van der Waals surface area contributed by atoms with Gasteiger partial charge in [-0.15, -0.1) is 0 Å². The van der Waals surface area contributed by atoms with Gasteiger partial charge in [0.25, 0.3) is 11.8 Å². The molecular weight excluding hydrogens is 360 g/mol. The number of hydrogen-bond donors (Lipinski definition) is 2. The molecule has 0 spiro atoms. The number of phenols is 1. The third-order valence-electron chi connectivity index (χ3n) is 4.79. The van der Waals surface area contributed by atoms with E-state index in [1.54, 1.807) is 52.3 Å². The van der Waals surface area contributed by atoms with E-state index >= 15 is 0 Å². The van der Waals surface area contributed by atoms with Crippen molar-refractivity contribution >= 4 is 11.8 Å². The monoisotopic (exact) mass is 380 g/mol. The van der Waals surface area contributed by atoms with Gasteiger partial charge in [0.2, 0.25) is 0 Å². The van der Waals surface area contributed by atoms with Crippen molar-refractivity contribution in [1.82, 2.24) is 20.0 Å². The lowest BCUT2D eigenvalue weighted by Crippen LogP contribution is -2.37. The average molecular weight is 380 g/mol. The summed E-state index contributed by atoms with van der Waals surface area (Å²) in [5.74, 6) is 0.0691. The first kappa shape index (κ1) is 17.8. The molecule has 8 heteroatoms. The van der Waals surface area contributed by atoms with Gasteiger partial charge >= 0.3 is 0 Å². The summed E-state index contributed by atoms with van der Waals surface area (Å²) in [6.45, 7) is 1.98. The zero-order valence-electron chi connectivity index (χ0n) is 15.2. The molecule has 3 aromatic rings. The van der Waals surface area contributed by atoms with Gasteiger partial charge in [0.05, 0.1) is 12.0 Å². The van der Waals surface area contributed by atoms with Gasteiger partial charge < -0.3 is 19.3 Å². The molecule has 28 heavy (non-hydrogen) atoms. The Balaban J connectivity index is 1.44. The van der Waals surface area contributed by atoms with Crippen molar-refractivity contribution < 1.29 is 19.1 Å². The van der Waals surface area contributed by atoms with E-state index in [0.29, 0.717) is 55.3 Å². The smallest absolute Gasteiger partial charge is 0.289 e. The molecule has 2 N–H and O–H groups in total. The molecule has 1 saturated heterocycles. The molecular formula is C20H20N4O4. The highest BCUT2D eigenvalue weighted by Crippen LogP contribution is 2.27. The number of nitrogens with one attached hydrogen (secondary N) is 1. The number of rotatable bonds is 3. The van der Waals surface area contributed by atoms with Crippen LogP contribution in [0.1, 0.15) is 27.5 Å². The lowest BCUT2D eigenvalue weighted by atomic mass is 10.1. The van der Waals surface area contributed by atoms with Crippen LogP contribution in [-0.2, 0) is 0 Å². The maximum atomic E-state index is 12.9. The molecule has 2 aromatic heterocycles. The van der Waals surface area contributed by atoms with Crippen molar-refractivity contribution in [3.8, 4) is 17.0 Å². The molecule has 2 amide bonds. The quantitative estimate of drug-likeness (QED) is 0.726. The molecule has 0 unspecified atom stereocenters. The number of carbonyl (C=O) groups is 2. The number of furan rings is 1. The van der Waals surface area contributed by atoms with Crippen molar-refractivity contribution in [2.75, 3.05) is 26.2 Å². The molecule has 0 bridgehead atoms. The van der Waals surface area contributed by atoms with Crippen molar-refractivity contribution in [2.45, 2.75) is 6.42 Å². The minimum atomic E-state index is -0.179. The number of aromatic amines is 1. The Morgan fingerprint density at radius 2 is 1.75 bits per heavy atom. The molecule has 144 valence electrons. The number of amides is 2. The van der Waals surface area contributed by atoms with E-state index in [2.05, 4.69) is 10.2 Å². The number of phenolic OH excluding ortho intramolecular Hbond substituents is 1. The molecule has 0 radical (unpaired) electrons. The fourth-order valence-electron chi connectivity index (χ4n) is 3.31. The van der Waals surface area contributed by atoms with Crippen LogP contribution < -0.4 is 0 Å². The standard InChI is InChI=1S/C20H20N4O4/c25-17-6-2-1-5-14(17)15-13-16(22-21-15)19(26)23-8-4-9-24(11-10-23)20(27)18-7-3-12-28-18/h1-3,5-7,12-13,25H,4,8-11H2,(H,21,22). The highest BCUT2D eigenvalue weighted by Gasteiger charge is 2.25. The molecule has 1 aliphatic heterocycles. The Bertz CT molecular complexity index is 980. The second-order valence-electron chi connectivity index (χ2n) is 6.60. The maximum Gasteiger partial charge on any atom is 0.289 e. The molecule has 1 fully saturated rings. The van der Waals surface area contributed by atoms with Crippen LogP contribution in [-0.4, -0.2) is 63.1 Å². The first-order valence-electron chi connectivity index (χ1n) is 9.09. The van der Waals surface area contributed by atoms with Crippen LogP contribution in [0.4, 0.5) is 0 Å². The number of aromatic nitrogens is 2. The summed E-state index contributed by atoms with van der Waals surface area (Å²) in [7, 11) is 0. The van der Waals surface area contributed by atoms with Crippen LogP contribution in [0.2, 0.25) is 0 Å². The Hall–Kier alpha value is -3.55. The zero-order chi connectivity index (χ0) is 19.5.